The Kier molecular flexibility index (Phi) is 4.40. The third-order valence-corrected chi connectivity index (χ3v) is 5.95. The summed E-state index contributed by atoms with van der Waals surface area (Å²) >= 11 is 0. The average Bonchev–Trinajstić information content (AvgIpc) is 3.42. The van der Waals surface area contributed by atoms with Crippen LogP contribution in [0.4, 0.5) is 20.4 Å². The van der Waals surface area contributed by atoms with E-state index in [1.165, 1.54) is 12.1 Å². The van der Waals surface area contributed by atoms with Crippen LogP contribution in [0.2, 0.25) is 0 Å². The summed E-state index contributed by atoms with van der Waals surface area (Å²) in [4.78, 5) is 30.7. The lowest BCUT2D eigenvalue weighted by molar-refractivity contribution is -0.286. The molecule has 3 aliphatic rings. The van der Waals surface area contributed by atoms with Gasteiger partial charge in [-0.05, 0) is 31.5 Å². The minimum Gasteiger partial charge on any atom is -0.492 e. The van der Waals surface area contributed by atoms with Gasteiger partial charge < -0.3 is 29.5 Å². The normalized spacial score (nSPS) is 24.7. The Morgan fingerprint density at radius 3 is 2.69 bits per heavy atom. The molecule has 0 aliphatic carbocycles. The molecule has 1 saturated heterocycles. The van der Waals surface area contributed by atoms with Gasteiger partial charge in [-0.2, -0.15) is 0 Å². The van der Waals surface area contributed by atoms with Crippen LogP contribution < -0.4 is 24.4 Å². The quantitative estimate of drug-likeness (QED) is 0.736. The van der Waals surface area contributed by atoms with E-state index in [-0.39, 0.29) is 29.7 Å². The summed E-state index contributed by atoms with van der Waals surface area (Å²) in [6.07, 6.45) is -3.25. The number of nitrogens with one attached hydrogen (secondary N) is 1. The van der Waals surface area contributed by atoms with Gasteiger partial charge in [-0.25, -0.2) is 4.98 Å². The molecule has 0 unspecified atom stereocenters. The van der Waals surface area contributed by atoms with Crippen molar-refractivity contribution >= 4 is 23.5 Å². The van der Waals surface area contributed by atoms with E-state index in [4.69, 9.17) is 4.74 Å². The van der Waals surface area contributed by atoms with Crippen molar-refractivity contribution in [3.8, 4) is 17.2 Å². The number of carbonyl (C=O) groups excluding carboxylic acids is 1. The molecule has 0 spiro atoms. The first kappa shape index (κ1) is 20.3. The lowest BCUT2D eigenvalue weighted by atomic mass is 9.83. The molecule has 11 heteroatoms. The maximum absolute atomic E-state index is 13.4. The van der Waals surface area contributed by atoms with Crippen LogP contribution in [0.5, 0.6) is 17.2 Å². The number of halogens is 2. The van der Waals surface area contributed by atoms with E-state index in [0.717, 1.165) is 0 Å². The molecule has 0 saturated carbocycles. The van der Waals surface area contributed by atoms with Crippen molar-refractivity contribution in [2.75, 3.05) is 29.9 Å². The van der Waals surface area contributed by atoms with E-state index in [9.17, 15) is 23.5 Å². The SMILES string of the molecule is C[C@]1(C(=O)Nc2cccc(N3CC[C@@H](C(=O)O)C3)n2)COc2cc3c(cc21)OC(F)(F)O3. The van der Waals surface area contributed by atoms with Gasteiger partial charge in [-0.15, -0.1) is 8.78 Å². The monoisotopic (exact) mass is 447 g/mol. The first-order valence-electron chi connectivity index (χ1n) is 9.98. The molecule has 1 amide bonds. The van der Waals surface area contributed by atoms with Crippen molar-refractivity contribution in [3.05, 3.63) is 35.9 Å². The number of carboxylic acids is 1. The number of fused-ring (bicyclic) bond motifs is 2. The number of carbonyl (C=O) groups is 2. The van der Waals surface area contributed by atoms with Crippen LogP contribution in [-0.4, -0.2) is 48.0 Å². The Bertz CT molecular complexity index is 1130. The second-order valence-corrected chi connectivity index (χ2v) is 8.19. The Hall–Kier alpha value is -3.63. The van der Waals surface area contributed by atoms with Gasteiger partial charge in [0.15, 0.2) is 11.5 Å². The Labute approximate surface area is 180 Å². The van der Waals surface area contributed by atoms with Crippen molar-refractivity contribution in [1.29, 1.82) is 0 Å². The lowest BCUT2D eigenvalue weighted by Gasteiger charge is -2.22. The number of rotatable bonds is 4. The Morgan fingerprint density at radius 2 is 1.97 bits per heavy atom. The number of hydrogen-bond acceptors (Lipinski definition) is 7. The largest absolute Gasteiger partial charge is 0.586 e. The molecular formula is C21H19F2N3O6. The fourth-order valence-corrected chi connectivity index (χ4v) is 4.11. The molecule has 5 rings (SSSR count). The highest BCUT2D eigenvalue weighted by atomic mass is 19.3. The van der Waals surface area contributed by atoms with Crippen molar-refractivity contribution < 1.29 is 37.7 Å². The van der Waals surface area contributed by atoms with E-state index in [1.54, 1.807) is 25.1 Å². The lowest BCUT2D eigenvalue weighted by Crippen LogP contribution is -2.39. The Morgan fingerprint density at radius 1 is 1.22 bits per heavy atom. The molecule has 4 heterocycles. The number of aliphatic carboxylic acids is 1. The van der Waals surface area contributed by atoms with E-state index in [2.05, 4.69) is 19.8 Å². The van der Waals surface area contributed by atoms with Gasteiger partial charge in [0.25, 0.3) is 0 Å². The first-order chi connectivity index (χ1) is 15.1. The fraction of sp³-hybridized carbons (Fsp3) is 0.381. The van der Waals surface area contributed by atoms with E-state index in [1.807, 2.05) is 4.90 Å². The standard InChI is InChI=1S/C21H19F2N3O6/c1-20(10-30-13-8-15-14(7-12(13)20)31-21(22,23)32-15)19(29)25-16-3-2-4-17(24-16)26-6-5-11(9-26)18(27)28/h2-4,7-8,11H,5-6,9-10H2,1H3,(H,27,28)(H,24,25,29)/t11-,20+/m1/s1. The predicted octanol–water partition coefficient (Wildman–Crippen LogP) is 2.60. The molecule has 32 heavy (non-hydrogen) atoms. The fourth-order valence-electron chi connectivity index (χ4n) is 4.11. The number of aromatic nitrogens is 1. The molecule has 1 aromatic heterocycles. The van der Waals surface area contributed by atoms with Gasteiger partial charge in [0.05, 0.1) is 5.92 Å². The second kappa shape index (κ2) is 6.94. The smallest absolute Gasteiger partial charge is 0.492 e. The maximum Gasteiger partial charge on any atom is 0.586 e. The molecule has 2 aromatic rings. The van der Waals surface area contributed by atoms with Gasteiger partial charge in [0, 0.05) is 24.7 Å². The number of nitrogens with zero attached hydrogens (tertiary/aromatic N) is 2. The molecule has 1 fully saturated rings. The van der Waals surface area contributed by atoms with Crippen molar-refractivity contribution in [3.63, 3.8) is 0 Å². The van der Waals surface area contributed by atoms with E-state index in [0.29, 0.717) is 30.9 Å². The zero-order valence-corrected chi connectivity index (χ0v) is 16.9. The minimum atomic E-state index is -3.77. The molecule has 1 aromatic carbocycles. The van der Waals surface area contributed by atoms with Crippen molar-refractivity contribution in [1.82, 2.24) is 4.98 Å². The van der Waals surface area contributed by atoms with Crippen LogP contribution in [0, 0.1) is 5.92 Å². The summed E-state index contributed by atoms with van der Waals surface area (Å²) in [5.74, 6) is -0.945. The third kappa shape index (κ3) is 3.33. The first-order valence-corrected chi connectivity index (χ1v) is 9.98. The number of alkyl halides is 2. The van der Waals surface area contributed by atoms with Crippen LogP contribution in [0.25, 0.3) is 0 Å². The van der Waals surface area contributed by atoms with Crippen molar-refractivity contribution in [2.45, 2.75) is 25.1 Å². The minimum absolute atomic E-state index is 0.000436. The number of carboxylic acid groups (broad SMARTS) is 1. The summed E-state index contributed by atoms with van der Waals surface area (Å²) < 4.78 is 41.3. The van der Waals surface area contributed by atoms with Crippen LogP contribution in [0.3, 0.4) is 0 Å². The Balaban J connectivity index is 1.35. The zero-order valence-electron chi connectivity index (χ0n) is 16.9. The zero-order chi connectivity index (χ0) is 22.7. The van der Waals surface area contributed by atoms with Crippen LogP contribution in [0.15, 0.2) is 30.3 Å². The summed E-state index contributed by atoms with van der Waals surface area (Å²) in [5, 5.41) is 11.9. The topological polar surface area (TPSA) is 110 Å². The molecule has 0 radical (unpaired) electrons. The molecule has 2 N–H and O–H groups in total. The van der Waals surface area contributed by atoms with Gasteiger partial charge in [-0.3, -0.25) is 9.59 Å². The summed E-state index contributed by atoms with van der Waals surface area (Å²) in [7, 11) is 0. The number of hydrogen-bond donors (Lipinski definition) is 2. The van der Waals surface area contributed by atoms with Gasteiger partial charge in [0.2, 0.25) is 5.91 Å². The van der Waals surface area contributed by atoms with Crippen LogP contribution in [0.1, 0.15) is 18.9 Å². The molecule has 3 aliphatic heterocycles. The van der Waals surface area contributed by atoms with Crippen molar-refractivity contribution in [2.24, 2.45) is 5.92 Å². The van der Waals surface area contributed by atoms with E-state index >= 15 is 0 Å². The molecule has 9 nitrogen and oxygen atoms in total. The third-order valence-electron chi connectivity index (χ3n) is 5.95. The summed E-state index contributed by atoms with van der Waals surface area (Å²) in [6, 6.07) is 7.70. The highest BCUT2D eigenvalue weighted by Crippen LogP contribution is 2.50. The molecular weight excluding hydrogens is 428 g/mol. The molecule has 0 bridgehead atoms. The molecule has 2 atom stereocenters. The second-order valence-electron chi connectivity index (χ2n) is 8.19. The molecule has 168 valence electrons. The van der Waals surface area contributed by atoms with Gasteiger partial charge in [0.1, 0.15) is 29.4 Å². The van der Waals surface area contributed by atoms with Gasteiger partial charge in [-0.1, -0.05) is 6.07 Å². The van der Waals surface area contributed by atoms with Gasteiger partial charge >= 0.3 is 12.3 Å². The maximum atomic E-state index is 13.4. The van der Waals surface area contributed by atoms with Crippen LogP contribution >= 0.6 is 0 Å². The number of anilines is 2. The highest BCUT2D eigenvalue weighted by Gasteiger charge is 2.49. The highest BCUT2D eigenvalue weighted by molar-refractivity contribution is 5.99. The number of benzene rings is 1. The summed E-state index contributed by atoms with van der Waals surface area (Å²) in [6.45, 7) is 2.53. The van der Waals surface area contributed by atoms with E-state index < -0.39 is 29.5 Å². The predicted molar refractivity (Wildman–Crippen MR) is 106 cm³/mol. The number of amides is 1. The number of ether oxygens (including phenoxy) is 3. The van der Waals surface area contributed by atoms with Crippen LogP contribution in [-0.2, 0) is 15.0 Å². The summed E-state index contributed by atoms with van der Waals surface area (Å²) in [5.41, 5.74) is -0.777. The average molecular weight is 447 g/mol. The number of pyridine rings is 1.